The van der Waals surface area contributed by atoms with E-state index in [9.17, 15) is 14.3 Å². The van der Waals surface area contributed by atoms with Crippen molar-refractivity contribution in [1.29, 1.82) is 0 Å². The van der Waals surface area contributed by atoms with E-state index in [0.29, 0.717) is 24.1 Å². The number of nitrogens with zero attached hydrogens (tertiary/aromatic N) is 1. The molecule has 0 N–H and O–H groups in total. The molecule has 0 fully saturated rings. The van der Waals surface area contributed by atoms with Gasteiger partial charge in [0, 0.05) is 13.0 Å². The highest BCUT2D eigenvalue weighted by Gasteiger charge is 2.20. The third-order valence-corrected chi connectivity index (χ3v) is 9.66. The summed E-state index contributed by atoms with van der Waals surface area (Å²) in [5.74, 6) is -0.348. The van der Waals surface area contributed by atoms with Crippen molar-refractivity contribution < 1.29 is 37.3 Å². The van der Waals surface area contributed by atoms with Gasteiger partial charge in [-0.15, -0.1) is 0 Å². The van der Waals surface area contributed by atoms with Gasteiger partial charge in [-0.2, -0.15) is 0 Å². The zero-order valence-corrected chi connectivity index (χ0v) is 34.7. The molecule has 0 heterocycles. The molecule has 0 aliphatic rings. The summed E-state index contributed by atoms with van der Waals surface area (Å²) < 4.78 is 34.4. The average Bonchev–Trinajstić information content (AvgIpc) is 3.08. The molecule has 8 nitrogen and oxygen atoms in total. The Balaban J connectivity index is 4.19. The molecule has 0 rings (SSSR count). The number of likely N-dealkylation sites (N-methyl/N-ethyl adjacent to an activating group) is 1. The van der Waals surface area contributed by atoms with E-state index in [1.54, 1.807) is 0 Å². The van der Waals surface area contributed by atoms with Crippen LogP contribution < -0.4 is 4.89 Å². The summed E-state index contributed by atoms with van der Waals surface area (Å²) in [6.45, 7) is 5.36. The van der Waals surface area contributed by atoms with Gasteiger partial charge in [-0.3, -0.25) is 9.36 Å². The fraction of sp³-hybridized carbons (Fsp3) is 0.833. The zero-order chi connectivity index (χ0) is 37.7. The smallest absolute Gasteiger partial charge is 0.306 e. The number of quaternary nitrogens is 1. The minimum absolute atomic E-state index is 0.0234. The molecule has 2 unspecified atom stereocenters. The number of phosphoric acid groups is 1. The van der Waals surface area contributed by atoms with Crippen LogP contribution in [-0.2, 0) is 27.9 Å². The first-order valence-corrected chi connectivity index (χ1v) is 22.2. The van der Waals surface area contributed by atoms with Crippen LogP contribution in [0.5, 0.6) is 0 Å². The van der Waals surface area contributed by atoms with Crippen LogP contribution in [0.4, 0.5) is 0 Å². The van der Waals surface area contributed by atoms with Crippen LogP contribution in [0.25, 0.3) is 0 Å². The van der Waals surface area contributed by atoms with Gasteiger partial charge in [0.05, 0.1) is 34.4 Å². The predicted molar refractivity (Wildman–Crippen MR) is 213 cm³/mol. The molecule has 0 aliphatic heterocycles. The maximum atomic E-state index is 12.6. The van der Waals surface area contributed by atoms with E-state index in [-0.39, 0.29) is 25.8 Å². The third-order valence-electron chi connectivity index (χ3n) is 8.69. The fourth-order valence-electron chi connectivity index (χ4n) is 5.43. The van der Waals surface area contributed by atoms with Gasteiger partial charge in [0.25, 0.3) is 7.82 Å². The normalized spacial score (nSPS) is 14.2. The molecule has 0 bridgehead atoms. The SMILES string of the molecule is CCCCCCC/C=C\C/C=C\C/C=C\CCCCCCCCC(=O)OC(COCCCCCCCCCC)COP(=O)([O-])OCC[N+](C)(C)C. The number of hydrogen-bond donors (Lipinski definition) is 0. The van der Waals surface area contributed by atoms with E-state index in [1.807, 2.05) is 21.1 Å². The number of rotatable bonds is 38. The van der Waals surface area contributed by atoms with Crippen LogP contribution >= 0.6 is 7.82 Å². The predicted octanol–water partition coefficient (Wildman–Crippen LogP) is 11.2. The zero-order valence-electron chi connectivity index (χ0n) is 33.8. The lowest BCUT2D eigenvalue weighted by Gasteiger charge is -2.28. The summed E-state index contributed by atoms with van der Waals surface area (Å²) in [5.41, 5.74) is 0. The summed E-state index contributed by atoms with van der Waals surface area (Å²) in [5, 5.41) is 0. The van der Waals surface area contributed by atoms with Crippen LogP contribution in [0.15, 0.2) is 36.5 Å². The summed E-state index contributed by atoms with van der Waals surface area (Å²) in [6.07, 6.45) is 40.1. The standard InChI is InChI=1S/C42H80NO7P/c1-6-8-10-12-14-16-17-18-19-20-21-22-23-24-25-26-27-28-29-31-33-35-42(44)50-41(39-47-37-34-32-30-15-13-11-9-7-2)40-49-51(45,46)48-38-36-43(3,4)5/h17-18,20-21,23-24,41H,6-16,19,22,25-40H2,1-5H3/b18-17-,21-20-,24-23-. The largest absolute Gasteiger partial charge is 0.756 e. The summed E-state index contributed by atoms with van der Waals surface area (Å²) >= 11 is 0. The number of ether oxygens (including phenoxy) is 2. The van der Waals surface area contributed by atoms with E-state index < -0.39 is 13.9 Å². The van der Waals surface area contributed by atoms with Crippen molar-refractivity contribution in [1.82, 2.24) is 0 Å². The van der Waals surface area contributed by atoms with Crippen LogP contribution in [-0.4, -0.2) is 70.7 Å². The Morgan fingerprint density at radius 2 is 1.08 bits per heavy atom. The van der Waals surface area contributed by atoms with Gasteiger partial charge in [-0.1, -0.05) is 147 Å². The highest BCUT2D eigenvalue weighted by Crippen LogP contribution is 2.38. The van der Waals surface area contributed by atoms with Crippen molar-refractivity contribution in [2.75, 3.05) is 54.1 Å². The van der Waals surface area contributed by atoms with E-state index in [2.05, 4.69) is 50.3 Å². The van der Waals surface area contributed by atoms with Gasteiger partial charge in [0.1, 0.15) is 19.3 Å². The molecule has 0 aromatic rings. The second-order valence-electron chi connectivity index (χ2n) is 15.0. The lowest BCUT2D eigenvalue weighted by molar-refractivity contribution is -0.870. The molecule has 300 valence electrons. The minimum atomic E-state index is -4.52. The molecule has 2 atom stereocenters. The van der Waals surface area contributed by atoms with E-state index in [0.717, 1.165) is 57.8 Å². The summed E-state index contributed by atoms with van der Waals surface area (Å²) in [7, 11) is 1.34. The molecule has 0 saturated carbocycles. The molecule has 0 amide bonds. The number of allylic oxidation sites excluding steroid dienone is 6. The monoisotopic (exact) mass is 742 g/mol. The molecule has 0 spiro atoms. The first-order chi connectivity index (χ1) is 24.6. The molecule has 51 heavy (non-hydrogen) atoms. The molecular weight excluding hydrogens is 661 g/mol. The Hall–Kier alpha value is -1.28. The maximum Gasteiger partial charge on any atom is 0.306 e. The molecule has 0 radical (unpaired) electrons. The molecular formula is C42H80NO7P. The maximum absolute atomic E-state index is 12.6. The van der Waals surface area contributed by atoms with E-state index in [1.165, 1.54) is 89.9 Å². The summed E-state index contributed by atoms with van der Waals surface area (Å²) in [4.78, 5) is 24.9. The Morgan fingerprint density at radius 3 is 1.61 bits per heavy atom. The van der Waals surface area contributed by atoms with Gasteiger partial charge in [0.15, 0.2) is 0 Å². The molecule has 9 heteroatoms. The van der Waals surface area contributed by atoms with E-state index in [4.69, 9.17) is 18.5 Å². The summed E-state index contributed by atoms with van der Waals surface area (Å²) in [6, 6.07) is 0. The minimum Gasteiger partial charge on any atom is -0.756 e. The van der Waals surface area contributed by atoms with Crippen molar-refractivity contribution in [2.45, 2.75) is 174 Å². The molecule has 0 aromatic carbocycles. The van der Waals surface area contributed by atoms with Crippen molar-refractivity contribution in [3.05, 3.63) is 36.5 Å². The quantitative estimate of drug-likeness (QED) is 0.0204. The third kappa shape index (κ3) is 39.8. The van der Waals surface area contributed by atoms with Crippen LogP contribution in [0.2, 0.25) is 0 Å². The van der Waals surface area contributed by atoms with Crippen molar-refractivity contribution in [3.8, 4) is 0 Å². The van der Waals surface area contributed by atoms with Crippen molar-refractivity contribution in [3.63, 3.8) is 0 Å². The molecule has 0 saturated heterocycles. The lowest BCUT2D eigenvalue weighted by Crippen LogP contribution is -2.37. The van der Waals surface area contributed by atoms with Gasteiger partial charge in [0.2, 0.25) is 0 Å². The number of phosphoric ester groups is 1. The first-order valence-electron chi connectivity index (χ1n) is 20.7. The first kappa shape index (κ1) is 49.7. The topological polar surface area (TPSA) is 94.1 Å². The number of carbonyl (C=O) groups excluding carboxylic acids is 1. The molecule has 0 aromatic heterocycles. The number of carbonyl (C=O) groups is 1. The average molecular weight is 742 g/mol. The highest BCUT2D eigenvalue weighted by molar-refractivity contribution is 7.45. The van der Waals surface area contributed by atoms with Crippen molar-refractivity contribution >= 4 is 13.8 Å². The van der Waals surface area contributed by atoms with E-state index >= 15 is 0 Å². The fourth-order valence-corrected chi connectivity index (χ4v) is 6.16. The van der Waals surface area contributed by atoms with Gasteiger partial charge in [-0.25, -0.2) is 0 Å². The Labute approximate surface area is 315 Å². The van der Waals surface area contributed by atoms with Crippen LogP contribution in [0, 0.1) is 0 Å². The lowest BCUT2D eigenvalue weighted by atomic mass is 10.1. The van der Waals surface area contributed by atoms with Gasteiger partial charge < -0.3 is 27.9 Å². The number of hydrogen-bond acceptors (Lipinski definition) is 7. The Bertz CT molecular complexity index is 915. The second-order valence-corrected chi connectivity index (χ2v) is 16.4. The van der Waals surface area contributed by atoms with Crippen molar-refractivity contribution in [2.24, 2.45) is 0 Å². The highest BCUT2D eigenvalue weighted by atomic mass is 31.2. The second kappa shape index (κ2) is 35.7. The van der Waals surface area contributed by atoms with Crippen LogP contribution in [0.1, 0.15) is 168 Å². The van der Waals surface area contributed by atoms with Gasteiger partial charge >= 0.3 is 5.97 Å². The Morgan fingerprint density at radius 1 is 0.608 bits per heavy atom. The molecule has 0 aliphatic carbocycles. The number of esters is 1. The Kier molecular flexibility index (Phi) is 34.8. The van der Waals surface area contributed by atoms with Crippen LogP contribution in [0.3, 0.4) is 0 Å². The number of unbranched alkanes of at least 4 members (excludes halogenated alkanes) is 18. The van der Waals surface area contributed by atoms with Gasteiger partial charge in [-0.05, 0) is 51.4 Å².